The first kappa shape index (κ1) is 23.2. The molecule has 0 aromatic heterocycles. The number of likely N-dealkylation sites (N-methyl/N-ethyl adjacent to an activating group) is 1. The van der Waals surface area contributed by atoms with Gasteiger partial charge in [0.25, 0.3) is 0 Å². The second-order valence-corrected chi connectivity index (χ2v) is 7.62. The van der Waals surface area contributed by atoms with E-state index < -0.39 is 29.7 Å². The fourth-order valence-electron chi connectivity index (χ4n) is 3.08. The van der Waals surface area contributed by atoms with E-state index in [0.717, 1.165) is 23.8 Å². The van der Waals surface area contributed by atoms with Gasteiger partial charge in [0.1, 0.15) is 23.4 Å². The number of carbonyl (C=O) groups excluding carboxylic acids is 2. The molecule has 0 aliphatic rings. The van der Waals surface area contributed by atoms with Crippen molar-refractivity contribution in [2.24, 2.45) is 0 Å². The zero-order valence-corrected chi connectivity index (χ0v) is 18.2. The molecule has 0 spiro atoms. The maximum atomic E-state index is 13.7. The van der Waals surface area contributed by atoms with Crippen molar-refractivity contribution in [2.75, 3.05) is 11.9 Å². The lowest BCUT2D eigenvalue weighted by atomic mass is 10.0. The van der Waals surface area contributed by atoms with Gasteiger partial charge in [-0.05, 0) is 54.4 Å². The summed E-state index contributed by atoms with van der Waals surface area (Å²) in [4.78, 5) is 27.0. The third kappa shape index (κ3) is 6.04. The molecule has 0 heterocycles. The van der Waals surface area contributed by atoms with Crippen molar-refractivity contribution >= 4 is 29.3 Å². The van der Waals surface area contributed by atoms with Crippen LogP contribution in [0.2, 0.25) is 5.02 Å². The third-order valence-electron chi connectivity index (χ3n) is 4.78. The number of hydrogen-bond donors (Lipinski definition) is 1. The first-order chi connectivity index (χ1) is 15.2. The van der Waals surface area contributed by atoms with Crippen LogP contribution in [0, 0.1) is 18.6 Å². The Labute approximate surface area is 189 Å². The van der Waals surface area contributed by atoms with E-state index in [9.17, 15) is 18.4 Å². The number of nitrogens with zero attached hydrogens (tertiary/aromatic N) is 1. The molecule has 0 unspecified atom stereocenters. The smallest absolute Gasteiger partial charge is 0.410 e. The molecular weight excluding hydrogens is 438 g/mol. The first-order valence-electron chi connectivity index (χ1n) is 9.75. The molecule has 0 aliphatic carbocycles. The van der Waals surface area contributed by atoms with Crippen LogP contribution >= 0.6 is 11.6 Å². The molecule has 1 N–H and O–H groups in total. The molecule has 3 aromatic carbocycles. The highest BCUT2D eigenvalue weighted by Crippen LogP contribution is 2.23. The monoisotopic (exact) mass is 458 g/mol. The van der Waals surface area contributed by atoms with Crippen LogP contribution in [0.3, 0.4) is 0 Å². The van der Waals surface area contributed by atoms with Gasteiger partial charge in [0.15, 0.2) is 0 Å². The first-order valence-corrected chi connectivity index (χ1v) is 10.1. The van der Waals surface area contributed by atoms with Gasteiger partial charge in [-0.3, -0.25) is 4.79 Å². The number of amides is 2. The second kappa shape index (κ2) is 10.2. The SMILES string of the molecule is Cc1ccc(N(C)C(=O)[C@H](Cc2cc(F)cc(F)c2)NC(=O)Oc2ccccc2)cc1Cl. The van der Waals surface area contributed by atoms with E-state index in [1.807, 2.05) is 6.92 Å². The molecule has 5 nitrogen and oxygen atoms in total. The Morgan fingerprint density at radius 3 is 2.31 bits per heavy atom. The Hall–Kier alpha value is -3.45. The van der Waals surface area contributed by atoms with Gasteiger partial charge in [0, 0.05) is 30.2 Å². The fraction of sp³-hybridized carbons (Fsp3) is 0.167. The molecule has 0 aliphatic heterocycles. The van der Waals surface area contributed by atoms with Crippen LogP contribution < -0.4 is 15.0 Å². The minimum absolute atomic E-state index is 0.151. The lowest BCUT2D eigenvalue weighted by Gasteiger charge is -2.25. The number of benzene rings is 3. The maximum absolute atomic E-state index is 13.7. The highest BCUT2D eigenvalue weighted by Gasteiger charge is 2.27. The number of carbonyl (C=O) groups is 2. The van der Waals surface area contributed by atoms with E-state index in [4.69, 9.17) is 16.3 Å². The van der Waals surface area contributed by atoms with Crippen molar-refractivity contribution in [1.29, 1.82) is 0 Å². The highest BCUT2D eigenvalue weighted by atomic mass is 35.5. The molecular formula is C24H21ClF2N2O3. The molecule has 1 atom stereocenters. The number of anilines is 1. The van der Waals surface area contributed by atoms with Crippen LogP contribution in [0.25, 0.3) is 0 Å². The fourth-order valence-corrected chi connectivity index (χ4v) is 3.26. The average Bonchev–Trinajstić information content (AvgIpc) is 2.74. The second-order valence-electron chi connectivity index (χ2n) is 7.21. The third-order valence-corrected chi connectivity index (χ3v) is 5.19. The molecule has 0 fully saturated rings. The summed E-state index contributed by atoms with van der Waals surface area (Å²) in [7, 11) is 1.52. The number of para-hydroxylation sites is 1. The molecule has 32 heavy (non-hydrogen) atoms. The Kier molecular flexibility index (Phi) is 7.43. The molecule has 0 bridgehead atoms. The number of aryl methyl sites for hydroxylation is 1. The van der Waals surface area contributed by atoms with Crippen LogP contribution in [-0.2, 0) is 11.2 Å². The molecule has 8 heteroatoms. The van der Waals surface area contributed by atoms with Gasteiger partial charge >= 0.3 is 6.09 Å². The molecule has 166 valence electrons. The van der Waals surface area contributed by atoms with Gasteiger partial charge in [-0.1, -0.05) is 35.9 Å². The van der Waals surface area contributed by atoms with Crippen molar-refractivity contribution in [1.82, 2.24) is 5.32 Å². The number of rotatable bonds is 6. The van der Waals surface area contributed by atoms with Gasteiger partial charge < -0.3 is 15.0 Å². The summed E-state index contributed by atoms with van der Waals surface area (Å²) in [6.07, 6.45) is -1.02. The Balaban J connectivity index is 1.84. The summed E-state index contributed by atoms with van der Waals surface area (Å²) in [6.45, 7) is 1.83. The standard InChI is InChI=1S/C24H21ClF2N2O3/c1-15-8-9-19(14-21(15)25)29(2)23(30)22(12-16-10-17(26)13-18(27)11-16)28-24(31)32-20-6-4-3-5-7-20/h3-11,13-14,22H,12H2,1-2H3,(H,28,31)/t22-/m0/s1. The van der Waals surface area contributed by atoms with E-state index in [1.54, 1.807) is 48.5 Å². The van der Waals surface area contributed by atoms with Gasteiger partial charge in [-0.25, -0.2) is 13.6 Å². The molecule has 3 aromatic rings. The zero-order chi connectivity index (χ0) is 23.3. The van der Waals surface area contributed by atoms with Crippen LogP contribution in [0.4, 0.5) is 19.3 Å². The molecule has 0 radical (unpaired) electrons. The Morgan fingerprint density at radius 1 is 1.03 bits per heavy atom. The predicted octanol–water partition coefficient (Wildman–Crippen LogP) is 5.29. The lowest BCUT2D eigenvalue weighted by molar-refractivity contribution is -0.120. The van der Waals surface area contributed by atoms with Crippen LogP contribution in [0.5, 0.6) is 5.75 Å². The van der Waals surface area contributed by atoms with Crippen LogP contribution in [0.1, 0.15) is 11.1 Å². The molecule has 0 saturated heterocycles. The van der Waals surface area contributed by atoms with E-state index in [2.05, 4.69) is 5.32 Å². The quantitative estimate of drug-likeness (QED) is 0.546. The molecule has 3 rings (SSSR count). The zero-order valence-electron chi connectivity index (χ0n) is 17.4. The van der Waals surface area contributed by atoms with Crippen molar-refractivity contribution in [3.8, 4) is 5.75 Å². The summed E-state index contributed by atoms with van der Waals surface area (Å²) >= 11 is 6.17. The summed E-state index contributed by atoms with van der Waals surface area (Å²) < 4.78 is 32.6. The van der Waals surface area contributed by atoms with Crippen molar-refractivity contribution in [2.45, 2.75) is 19.4 Å². The van der Waals surface area contributed by atoms with Gasteiger partial charge in [-0.2, -0.15) is 0 Å². The summed E-state index contributed by atoms with van der Waals surface area (Å²) in [6, 6.07) is 15.2. The van der Waals surface area contributed by atoms with Crippen LogP contribution in [-0.4, -0.2) is 25.1 Å². The molecule has 2 amide bonds. The van der Waals surface area contributed by atoms with E-state index in [-0.39, 0.29) is 17.7 Å². The minimum Gasteiger partial charge on any atom is -0.410 e. The van der Waals surface area contributed by atoms with E-state index in [1.165, 1.54) is 11.9 Å². The molecule has 0 saturated carbocycles. The summed E-state index contributed by atoms with van der Waals surface area (Å²) in [5, 5.41) is 2.97. The topological polar surface area (TPSA) is 58.6 Å². The Morgan fingerprint density at radius 2 is 1.69 bits per heavy atom. The highest BCUT2D eigenvalue weighted by molar-refractivity contribution is 6.31. The average molecular weight is 459 g/mol. The maximum Gasteiger partial charge on any atom is 0.413 e. The number of ether oxygens (including phenoxy) is 1. The number of nitrogens with one attached hydrogen (secondary N) is 1. The van der Waals surface area contributed by atoms with Crippen molar-refractivity contribution in [3.05, 3.63) is 94.5 Å². The summed E-state index contributed by atoms with van der Waals surface area (Å²) in [5.74, 6) is -1.79. The Bertz CT molecular complexity index is 1110. The number of halogens is 3. The number of hydrogen-bond acceptors (Lipinski definition) is 3. The van der Waals surface area contributed by atoms with Gasteiger partial charge in [0.05, 0.1) is 0 Å². The van der Waals surface area contributed by atoms with Crippen molar-refractivity contribution in [3.63, 3.8) is 0 Å². The van der Waals surface area contributed by atoms with E-state index in [0.29, 0.717) is 10.7 Å². The largest absolute Gasteiger partial charge is 0.413 e. The van der Waals surface area contributed by atoms with E-state index >= 15 is 0 Å². The lowest BCUT2D eigenvalue weighted by Crippen LogP contribution is -2.49. The van der Waals surface area contributed by atoms with Crippen molar-refractivity contribution < 1.29 is 23.1 Å². The van der Waals surface area contributed by atoms with Gasteiger partial charge in [-0.15, -0.1) is 0 Å². The normalized spacial score (nSPS) is 11.5. The minimum atomic E-state index is -1.16. The predicted molar refractivity (Wildman–Crippen MR) is 119 cm³/mol. The summed E-state index contributed by atoms with van der Waals surface area (Å²) in [5.41, 5.74) is 1.54. The van der Waals surface area contributed by atoms with Gasteiger partial charge in [0.2, 0.25) is 5.91 Å². The van der Waals surface area contributed by atoms with Crippen LogP contribution in [0.15, 0.2) is 66.7 Å².